The average molecular weight is 566 g/mol. The number of carbonyl (C=O) groups excluding carboxylic acids is 1. The number of rotatable bonds is 6. The van der Waals surface area contributed by atoms with Gasteiger partial charge in [-0.1, -0.05) is 18.2 Å². The van der Waals surface area contributed by atoms with Gasteiger partial charge >= 0.3 is 0 Å². The number of likely N-dealkylation sites (tertiary alicyclic amines) is 1. The molecule has 1 N–H and O–H groups in total. The van der Waals surface area contributed by atoms with Crippen molar-refractivity contribution in [3.63, 3.8) is 0 Å². The molecule has 2 aliphatic heterocycles. The van der Waals surface area contributed by atoms with Crippen molar-refractivity contribution >= 4 is 41.5 Å². The van der Waals surface area contributed by atoms with Crippen molar-refractivity contribution in [1.29, 1.82) is 0 Å². The van der Waals surface area contributed by atoms with Crippen LogP contribution in [0.15, 0.2) is 47.7 Å². The molecule has 2 aliphatic rings. The van der Waals surface area contributed by atoms with E-state index in [0.717, 1.165) is 58.2 Å². The van der Waals surface area contributed by atoms with E-state index in [1.807, 2.05) is 28.9 Å². The fraction of sp³-hybridized carbons (Fsp3) is 0.542. The normalized spacial score (nSPS) is 18.9. The number of aliphatic imine (C=N–C) groups is 1. The number of hydrogen-bond donors (Lipinski definition) is 1. The summed E-state index contributed by atoms with van der Waals surface area (Å²) in [4.78, 5) is 24.2. The van der Waals surface area contributed by atoms with Crippen molar-refractivity contribution in [2.24, 2.45) is 12.0 Å². The van der Waals surface area contributed by atoms with Gasteiger partial charge in [0.2, 0.25) is 5.91 Å². The van der Waals surface area contributed by atoms with Gasteiger partial charge in [-0.3, -0.25) is 14.5 Å². The van der Waals surface area contributed by atoms with E-state index < -0.39 is 0 Å². The molecule has 33 heavy (non-hydrogen) atoms. The van der Waals surface area contributed by atoms with Crippen molar-refractivity contribution in [3.05, 3.63) is 48.3 Å². The minimum Gasteiger partial charge on any atom is -0.368 e. The van der Waals surface area contributed by atoms with E-state index in [-0.39, 0.29) is 29.9 Å². The van der Waals surface area contributed by atoms with E-state index in [4.69, 9.17) is 4.99 Å². The van der Waals surface area contributed by atoms with Gasteiger partial charge in [0, 0.05) is 77.1 Å². The second kappa shape index (κ2) is 12.2. The summed E-state index contributed by atoms with van der Waals surface area (Å²) in [5.41, 5.74) is 2.52. The maximum Gasteiger partial charge on any atom is 0.224 e. The molecule has 1 atom stereocenters. The van der Waals surface area contributed by atoms with E-state index in [0.29, 0.717) is 18.9 Å². The number of aromatic nitrogens is 2. The Morgan fingerprint density at radius 2 is 1.88 bits per heavy atom. The number of nitrogens with one attached hydrogen (secondary N) is 1. The summed E-state index contributed by atoms with van der Waals surface area (Å²) >= 11 is 0. The lowest BCUT2D eigenvalue weighted by molar-refractivity contribution is -0.131. The summed E-state index contributed by atoms with van der Waals surface area (Å²) in [6.45, 7) is 8.65. The molecule has 4 rings (SSSR count). The highest BCUT2D eigenvalue weighted by Gasteiger charge is 2.27. The number of aryl methyl sites for hydroxylation is 1. The SMILES string of the molecule is CCNC(=NCCC(=O)N1CCN(c2ccccc2)CC1)N1CCC(c2cnn(C)c2)C1.I. The third-order valence-corrected chi connectivity index (χ3v) is 6.36. The lowest BCUT2D eigenvalue weighted by atomic mass is 10.0. The van der Waals surface area contributed by atoms with Crippen LogP contribution in [0, 0.1) is 0 Å². The topological polar surface area (TPSA) is 69.0 Å². The van der Waals surface area contributed by atoms with Crippen LogP contribution in [0.5, 0.6) is 0 Å². The predicted octanol–water partition coefficient (Wildman–Crippen LogP) is 2.53. The van der Waals surface area contributed by atoms with Gasteiger partial charge in [-0.25, -0.2) is 0 Å². The van der Waals surface area contributed by atoms with Crippen LogP contribution in [0.25, 0.3) is 0 Å². The summed E-state index contributed by atoms with van der Waals surface area (Å²) in [5.74, 6) is 1.60. The van der Waals surface area contributed by atoms with Gasteiger partial charge in [-0.05, 0) is 31.0 Å². The molecular weight excluding hydrogens is 529 g/mol. The zero-order valence-electron chi connectivity index (χ0n) is 19.7. The first-order valence-electron chi connectivity index (χ1n) is 11.7. The molecule has 3 heterocycles. The molecule has 2 fully saturated rings. The number of anilines is 1. The van der Waals surface area contributed by atoms with Crippen molar-refractivity contribution in [2.75, 3.05) is 57.3 Å². The fourth-order valence-corrected chi connectivity index (χ4v) is 4.57. The van der Waals surface area contributed by atoms with Crippen LogP contribution < -0.4 is 10.2 Å². The van der Waals surface area contributed by atoms with Crippen LogP contribution in [-0.2, 0) is 11.8 Å². The number of nitrogens with zero attached hydrogens (tertiary/aromatic N) is 6. The highest BCUT2D eigenvalue weighted by atomic mass is 127. The Balaban J connectivity index is 0.00000306. The van der Waals surface area contributed by atoms with E-state index >= 15 is 0 Å². The van der Waals surface area contributed by atoms with Crippen molar-refractivity contribution in [3.8, 4) is 0 Å². The zero-order chi connectivity index (χ0) is 22.3. The summed E-state index contributed by atoms with van der Waals surface area (Å²) in [6.07, 6.45) is 5.63. The lowest BCUT2D eigenvalue weighted by Gasteiger charge is -2.36. The number of para-hydroxylation sites is 1. The van der Waals surface area contributed by atoms with Gasteiger partial charge in [0.1, 0.15) is 0 Å². The Bertz CT molecular complexity index is 909. The van der Waals surface area contributed by atoms with Gasteiger partial charge in [0.15, 0.2) is 5.96 Å². The average Bonchev–Trinajstić information content (AvgIpc) is 3.48. The molecule has 180 valence electrons. The summed E-state index contributed by atoms with van der Waals surface area (Å²) < 4.78 is 1.86. The number of amides is 1. The second-order valence-corrected chi connectivity index (χ2v) is 8.57. The molecule has 0 saturated carbocycles. The Labute approximate surface area is 214 Å². The number of piperazine rings is 1. The smallest absolute Gasteiger partial charge is 0.224 e. The molecule has 2 aromatic rings. The van der Waals surface area contributed by atoms with Crippen LogP contribution in [0.2, 0.25) is 0 Å². The number of benzene rings is 1. The third-order valence-electron chi connectivity index (χ3n) is 6.36. The summed E-state index contributed by atoms with van der Waals surface area (Å²) in [7, 11) is 1.96. The number of halogens is 1. The highest BCUT2D eigenvalue weighted by molar-refractivity contribution is 14.0. The van der Waals surface area contributed by atoms with E-state index in [2.05, 4.69) is 57.6 Å². The van der Waals surface area contributed by atoms with Crippen molar-refractivity contribution in [2.45, 2.75) is 25.7 Å². The van der Waals surface area contributed by atoms with Crippen LogP contribution in [0.3, 0.4) is 0 Å². The van der Waals surface area contributed by atoms with Crippen molar-refractivity contribution < 1.29 is 4.79 Å². The van der Waals surface area contributed by atoms with Gasteiger partial charge in [-0.2, -0.15) is 5.10 Å². The standard InChI is InChI=1S/C24H35N7O.HI/c1-3-25-24(31-12-10-20(19-31)21-17-27-28(2)18-21)26-11-9-23(32)30-15-13-29(14-16-30)22-7-5-4-6-8-22;/h4-8,17-18,20H,3,9-16,19H2,1-2H3,(H,25,26);1H. The van der Waals surface area contributed by atoms with Crippen LogP contribution >= 0.6 is 24.0 Å². The Kier molecular flexibility index (Phi) is 9.40. The number of guanidine groups is 1. The Hall–Kier alpha value is -2.30. The third kappa shape index (κ3) is 6.61. The minimum atomic E-state index is 0. The van der Waals surface area contributed by atoms with Gasteiger partial charge in [0.25, 0.3) is 0 Å². The molecule has 1 aromatic heterocycles. The maximum atomic E-state index is 12.7. The minimum absolute atomic E-state index is 0. The highest BCUT2D eigenvalue weighted by Crippen LogP contribution is 2.26. The zero-order valence-corrected chi connectivity index (χ0v) is 22.0. The first-order valence-corrected chi connectivity index (χ1v) is 11.7. The van der Waals surface area contributed by atoms with E-state index in [9.17, 15) is 4.79 Å². The van der Waals surface area contributed by atoms with Gasteiger partial charge < -0.3 is 20.0 Å². The molecule has 9 heteroatoms. The molecule has 1 unspecified atom stereocenters. The lowest BCUT2D eigenvalue weighted by Crippen LogP contribution is -2.49. The second-order valence-electron chi connectivity index (χ2n) is 8.57. The van der Waals surface area contributed by atoms with Crippen LogP contribution in [0.1, 0.15) is 31.2 Å². The van der Waals surface area contributed by atoms with Crippen LogP contribution in [0.4, 0.5) is 5.69 Å². The Morgan fingerprint density at radius 3 is 2.55 bits per heavy atom. The fourth-order valence-electron chi connectivity index (χ4n) is 4.57. The first-order chi connectivity index (χ1) is 15.6. The quantitative estimate of drug-likeness (QED) is 0.332. The molecule has 0 spiro atoms. The largest absolute Gasteiger partial charge is 0.368 e. The van der Waals surface area contributed by atoms with Gasteiger partial charge in [-0.15, -0.1) is 24.0 Å². The van der Waals surface area contributed by atoms with Gasteiger partial charge in [0.05, 0.1) is 12.7 Å². The molecule has 0 bridgehead atoms. The molecule has 1 aromatic carbocycles. The molecule has 2 saturated heterocycles. The van der Waals surface area contributed by atoms with Crippen molar-refractivity contribution in [1.82, 2.24) is 24.9 Å². The molecule has 1 amide bonds. The predicted molar refractivity (Wildman–Crippen MR) is 143 cm³/mol. The Morgan fingerprint density at radius 1 is 1.12 bits per heavy atom. The molecule has 0 radical (unpaired) electrons. The number of carbonyl (C=O) groups is 1. The summed E-state index contributed by atoms with van der Waals surface area (Å²) in [5, 5.41) is 7.71. The maximum absolute atomic E-state index is 12.7. The van der Waals surface area contributed by atoms with Crippen LogP contribution in [-0.4, -0.2) is 83.8 Å². The van der Waals surface area contributed by atoms with E-state index in [1.165, 1.54) is 11.3 Å². The molecule has 8 nitrogen and oxygen atoms in total. The number of hydrogen-bond acceptors (Lipinski definition) is 4. The summed E-state index contributed by atoms with van der Waals surface area (Å²) in [6, 6.07) is 10.4. The first kappa shape index (κ1) is 25.3. The molecule has 0 aliphatic carbocycles. The molecular formula is C24H36IN7O. The van der Waals surface area contributed by atoms with E-state index in [1.54, 1.807) is 0 Å². The monoisotopic (exact) mass is 565 g/mol.